The molecule has 2 atom stereocenters. The van der Waals surface area contributed by atoms with Gasteiger partial charge in [-0.25, -0.2) is 4.79 Å². The molecule has 0 rings (SSSR count). The highest BCUT2D eigenvalue weighted by atomic mass is 16.4. The number of unbranched alkanes of at least 4 members (excludes halogenated alkanes) is 21. The van der Waals surface area contributed by atoms with E-state index in [1.54, 1.807) is 0 Å². The molecular formula is C29H57NO4. The van der Waals surface area contributed by atoms with Crippen molar-refractivity contribution < 1.29 is 19.8 Å². The molecule has 0 unspecified atom stereocenters. The maximum Gasteiger partial charge on any atom is 0.328 e. The molecule has 0 aliphatic carbocycles. The molecular weight excluding hydrogens is 426 g/mol. The van der Waals surface area contributed by atoms with E-state index >= 15 is 0 Å². The molecule has 0 aromatic rings. The molecule has 5 nitrogen and oxygen atoms in total. The van der Waals surface area contributed by atoms with Gasteiger partial charge < -0.3 is 15.5 Å². The predicted octanol–water partition coefficient (Wildman–Crippen LogP) is 7.93. The third-order valence-electron chi connectivity index (χ3n) is 6.82. The first-order valence-corrected chi connectivity index (χ1v) is 14.7. The summed E-state index contributed by atoms with van der Waals surface area (Å²) < 4.78 is 0. The van der Waals surface area contributed by atoms with Crippen LogP contribution in [-0.4, -0.2) is 34.2 Å². The zero-order valence-electron chi connectivity index (χ0n) is 22.6. The summed E-state index contributed by atoms with van der Waals surface area (Å²) in [6, 6.07) is -1.22. The normalized spacial score (nSPS) is 13.0. The number of aliphatic carboxylic acids is 1. The van der Waals surface area contributed by atoms with Crippen molar-refractivity contribution in [2.75, 3.05) is 0 Å². The van der Waals surface area contributed by atoms with Crippen molar-refractivity contribution in [1.29, 1.82) is 0 Å². The molecule has 0 heterocycles. The van der Waals surface area contributed by atoms with E-state index in [-0.39, 0.29) is 5.91 Å². The largest absolute Gasteiger partial charge is 0.480 e. The van der Waals surface area contributed by atoms with Gasteiger partial charge >= 0.3 is 5.97 Å². The molecule has 0 fully saturated rings. The topological polar surface area (TPSA) is 86.6 Å². The van der Waals surface area contributed by atoms with Gasteiger partial charge in [0, 0.05) is 6.42 Å². The van der Waals surface area contributed by atoms with Crippen molar-refractivity contribution >= 4 is 11.9 Å². The first-order chi connectivity index (χ1) is 16.5. The summed E-state index contributed by atoms with van der Waals surface area (Å²) in [6.45, 7) is 3.65. The van der Waals surface area contributed by atoms with E-state index in [0.717, 1.165) is 19.3 Å². The number of hydrogen-bond acceptors (Lipinski definition) is 3. The summed E-state index contributed by atoms with van der Waals surface area (Å²) in [7, 11) is 0. The lowest BCUT2D eigenvalue weighted by atomic mass is 10.0. The highest BCUT2D eigenvalue weighted by Crippen LogP contribution is 2.15. The van der Waals surface area contributed by atoms with Crippen molar-refractivity contribution in [3.63, 3.8) is 0 Å². The van der Waals surface area contributed by atoms with Crippen molar-refractivity contribution in [3.05, 3.63) is 0 Å². The van der Waals surface area contributed by atoms with E-state index in [1.807, 2.05) is 0 Å². The highest BCUT2D eigenvalue weighted by Gasteiger charge is 2.24. The summed E-state index contributed by atoms with van der Waals surface area (Å²) in [5, 5.41) is 20.7. The van der Waals surface area contributed by atoms with Crippen LogP contribution in [-0.2, 0) is 9.59 Å². The standard InChI is InChI=1S/C29H57NO4/c1-3-4-5-6-7-8-9-10-11-12-13-14-15-16-17-18-19-20-21-22-23-24-25-27(32)30-28(26(2)31)29(33)34/h26,28,31H,3-25H2,1-2H3,(H,30,32)(H,33,34)/t26-,28+/m1/s1. The second-order valence-corrected chi connectivity index (χ2v) is 10.3. The second-order valence-electron chi connectivity index (χ2n) is 10.3. The van der Waals surface area contributed by atoms with E-state index < -0.39 is 18.1 Å². The van der Waals surface area contributed by atoms with Crippen LogP contribution in [0.2, 0.25) is 0 Å². The molecule has 0 aromatic heterocycles. The SMILES string of the molecule is CCCCCCCCCCCCCCCCCCCCCCCCC(=O)N[C@H](C(=O)O)[C@@H](C)O. The van der Waals surface area contributed by atoms with Crippen LogP contribution < -0.4 is 5.32 Å². The van der Waals surface area contributed by atoms with Crippen LogP contribution in [0.15, 0.2) is 0 Å². The van der Waals surface area contributed by atoms with Gasteiger partial charge in [-0.2, -0.15) is 0 Å². The fourth-order valence-electron chi connectivity index (χ4n) is 4.53. The van der Waals surface area contributed by atoms with Crippen LogP contribution in [0.4, 0.5) is 0 Å². The molecule has 1 amide bonds. The molecule has 0 aromatic carbocycles. The van der Waals surface area contributed by atoms with Crippen molar-refractivity contribution in [3.8, 4) is 0 Å². The smallest absolute Gasteiger partial charge is 0.328 e. The Hall–Kier alpha value is -1.10. The van der Waals surface area contributed by atoms with Gasteiger partial charge in [0.2, 0.25) is 5.91 Å². The number of carbonyl (C=O) groups is 2. The Morgan fingerprint density at radius 2 is 0.882 bits per heavy atom. The van der Waals surface area contributed by atoms with Crippen molar-refractivity contribution in [2.24, 2.45) is 0 Å². The zero-order chi connectivity index (χ0) is 25.3. The fraction of sp³-hybridized carbons (Fsp3) is 0.931. The molecule has 5 heteroatoms. The number of carboxylic acid groups (broad SMARTS) is 1. The van der Waals surface area contributed by atoms with Gasteiger partial charge in [0.05, 0.1) is 6.10 Å². The van der Waals surface area contributed by atoms with Gasteiger partial charge in [-0.3, -0.25) is 4.79 Å². The van der Waals surface area contributed by atoms with Crippen LogP contribution in [0.25, 0.3) is 0 Å². The third kappa shape index (κ3) is 22.7. The summed E-state index contributed by atoms with van der Waals surface area (Å²) in [4.78, 5) is 22.8. The number of nitrogens with one attached hydrogen (secondary N) is 1. The van der Waals surface area contributed by atoms with Crippen LogP contribution in [0, 0.1) is 0 Å². The minimum atomic E-state index is -1.22. The minimum Gasteiger partial charge on any atom is -0.480 e. The zero-order valence-corrected chi connectivity index (χ0v) is 22.6. The molecule has 202 valence electrons. The average molecular weight is 484 g/mol. The van der Waals surface area contributed by atoms with Gasteiger partial charge in [0.15, 0.2) is 6.04 Å². The molecule has 0 saturated heterocycles. The molecule has 0 saturated carbocycles. The van der Waals surface area contributed by atoms with E-state index in [4.69, 9.17) is 5.11 Å². The number of carbonyl (C=O) groups excluding carboxylic acids is 1. The van der Waals surface area contributed by atoms with E-state index in [0.29, 0.717) is 6.42 Å². The lowest BCUT2D eigenvalue weighted by molar-refractivity contribution is -0.144. The first kappa shape index (κ1) is 32.9. The van der Waals surface area contributed by atoms with Crippen molar-refractivity contribution in [2.45, 2.75) is 174 Å². The van der Waals surface area contributed by atoms with Gasteiger partial charge in [-0.1, -0.05) is 142 Å². The van der Waals surface area contributed by atoms with Crippen molar-refractivity contribution in [1.82, 2.24) is 5.32 Å². The number of hydrogen-bond donors (Lipinski definition) is 3. The number of carboxylic acids is 1. The summed E-state index contributed by atoms with van der Waals surface area (Å²) >= 11 is 0. The Balaban J connectivity index is 3.24. The minimum absolute atomic E-state index is 0.290. The van der Waals surface area contributed by atoms with Crippen LogP contribution in [0.5, 0.6) is 0 Å². The molecule has 0 bridgehead atoms. The average Bonchev–Trinajstić information content (AvgIpc) is 2.80. The summed E-state index contributed by atoms with van der Waals surface area (Å²) in [6.07, 6.45) is 28.5. The molecule has 0 aliphatic rings. The number of rotatable bonds is 26. The van der Waals surface area contributed by atoms with Crippen LogP contribution >= 0.6 is 0 Å². The van der Waals surface area contributed by atoms with E-state index in [2.05, 4.69) is 12.2 Å². The Bertz CT molecular complexity index is 467. The van der Waals surface area contributed by atoms with Gasteiger partial charge in [0.25, 0.3) is 0 Å². The summed E-state index contributed by atoms with van der Waals surface area (Å²) in [5.41, 5.74) is 0. The maximum absolute atomic E-state index is 11.8. The first-order valence-electron chi connectivity index (χ1n) is 14.7. The predicted molar refractivity (Wildman–Crippen MR) is 143 cm³/mol. The summed E-state index contributed by atoms with van der Waals surface area (Å²) in [5.74, 6) is -1.49. The molecule has 0 radical (unpaired) electrons. The Morgan fingerprint density at radius 1 is 0.588 bits per heavy atom. The lowest BCUT2D eigenvalue weighted by Gasteiger charge is -2.16. The fourth-order valence-corrected chi connectivity index (χ4v) is 4.53. The van der Waals surface area contributed by atoms with Gasteiger partial charge in [0.1, 0.15) is 0 Å². The monoisotopic (exact) mass is 483 g/mol. The van der Waals surface area contributed by atoms with E-state index in [1.165, 1.54) is 129 Å². The highest BCUT2D eigenvalue weighted by molar-refractivity contribution is 5.83. The maximum atomic E-state index is 11.8. The van der Waals surface area contributed by atoms with Gasteiger partial charge in [-0.05, 0) is 13.3 Å². The Morgan fingerprint density at radius 3 is 1.15 bits per heavy atom. The molecule has 3 N–H and O–H groups in total. The van der Waals surface area contributed by atoms with Crippen LogP contribution in [0.3, 0.4) is 0 Å². The third-order valence-corrected chi connectivity index (χ3v) is 6.82. The molecule has 0 spiro atoms. The number of amides is 1. The Kier molecular flexibility index (Phi) is 24.2. The second kappa shape index (κ2) is 25.0. The number of aliphatic hydroxyl groups is 1. The van der Waals surface area contributed by atoms with E-state index in [9.17, 15) is 14.7 Å². The lowest BCUT2D eigenvalue weighted by Crippen LogP contribution is -2.47. The molecule has 34 heavy (non-hydrogen) atoms. The number of aliphatic hydroxyl groups excluding tert-OH is 1. The molecule has 0 aliphatic heterocycles. The quantitative estimate of drug-likeness (QED) is 0.109. The van der Waals surface area contributed by atoms with Crippen LogP contribution in [0.1, 0.15) is 162 Å². The Labute approximate surface area is 210 Å². The van der Waals surface area contributed by atoms with Gasteiger partial charge in [-0.15, -0.1) is 0 Å².